The maximum atomic E-state index is 11.3. The Morgan fingerprint density at radius 2 is 1.64 bits per heavy atom. The zero-order chi connectivity index (χ0) is 10.6. The molecule has 0 saturated carbocycles. The number of H-pyrrole nitrogens is 1. The molecule has 0 bridgehead atoms. The Morgan fingerprint density at radius 1 is 1.07 bits per heavy atom. The van der Waals surface area contributed by atoms with Crippen molar-refractivity contribution >= 4 is 10.8 Å². The number of aromatic nitrogens is 1. The third-order valence-electron chi connectivity index (χ3n) is 2.02. The first-order chi connectivity index (χ1) is 6.79. The quantitative estimate of drug-likeness (QED) is 0.679. The van der Waals surface area contributed by atoms with Gasteiger partial charge in [-0.25, -0.2) is 0 Å². The first-order valence-electron chi connectivity index (χ1n) is 4.86. The van der Waals surface area contributed by atoms with Gasteiger partial charge in [0.15, 0.2) is 0 Å². The maximum Gasteiger partial charge on any atom is 0.255 e. The predicted molar refractivity (Wildman–Crippen MR) is 60.7 cm³/mol. The largest absolute Gasteiger partial charge is 0.328 e. The topological polar surface area (TPSA) is 32.9 Å². The monoisotopic (exact) mass is 189 g/mol. The Hall–Kier alpha value is -1.57. The van der Waals surface area contributed by atoms with Gasteiger partial charge in [-0.05, 0) is 23.9 Å². The highest BCUT2D eigenvalue weighted by Gasteiger charge is 1.98. The number of hydrogen-bond acceptors (Lipinski definition) is 1. The van der Waals surface area contributed by atoms with Crippen molar-refractivity contribution in [1.82, 2.24) is 4.98 Å². The molecule has 1 heterocycles. The highest BCUT2D eigenvalue weighted by molar-refractivity contribution is 5.84. The standard InChI is InChI=1S/C10H9NO.C2H6/c1-7-6-11-10(12)9-5-3-2-4-8(7)9;1-2/h2-6H,1H3,(H,11,12);1-2H3. The lowest BCUT2D eigenvalue weighted by molar-refractivity contribution is 1.24. The molecular formula is C12H15NO. The maximum absolute atomic E-state index is 11.3. The first-order valence-corrected chi connectivity index (χ1v) is 4.86. The molecule has 1 N–H and O–H groups in total. The fourth-order valence-electron chi connectivity index (χ4n) is 1.35. The smallest absolute Gasteiger partial charge is 0.255 e. The second-order valence-electron chi connectivity index (χ2n) is 2.85. The summed E-state index contributed by atoms with van der Waals surface area (Å²) in [7, 11) is 0. The van der Waals surface area contributed by atoms with Crippen LogP contribution in [0.25, 0.3) is 10.8 Å². The molecule has 2 aromatic rings. The van der Waals surface area contributed by atoms with Gasteiger partial charge in [0.05, 0.1) is 0 Å². The van der Waals surface area contributed by atoms with Crippen LogP contribution in [0.5, 0.6) is 0 Å². The van der Waals surface area contributed by atoms with Gasteiger partial charge in [-0.15, -0.1) is 0 Å². The molecule has 2 heteroatoms. The number of benzene rings is 1. The van der Waals surface area contributed by atoms with E-state index >= 15 is 0 Å². The van der Waals surface area contributed by atoms with Crippen molar-refractivity contribution in [2.24, 2.45) is 0 Å². The molecule has 2 rings (SSSR count). The minimum Gasteiger partial charge on any atom is -0.328 e. The summed E-state index contributed by atoms with van der Waals surface area (Å²) in [5, 5.41) is 1.79. The van der Waals surface area contributed by atoms with Crippen molar-refractivity contribution in [3.63, 3.8) is 0 Å². The lowest BCUT2D eigenvalue weighted by atomic mass is 10.1. The SMILES string of the molecule is CC.Cc1c[nH]c(=O)c2ccccc12. The van der Waals surface area contributed by atoms with Gasteiger partial charge >= 0.3 is 0 Å². The van der Waals surface area contributed by atoms with Crippen LogP contribution in [0, 0.1) is 6.92 Å². The summed E-state index contributed by atoms with van der Waals surface area (Å²) in [5.41, 5.74) is 1.08. The Morgan fingerprint density at radius 3 is 2.21 bits per heavy atom. The van der Waals surface area contributed by atoms with Crippen molar-refractivity contribution in [3.05, 3.63) is 46.4 Å². The van der Waals surface area contributed by atoms with E-state index in [1.165, 1.54) is 0 Å². The minimum absolute atomic E-state index is 0.0174. The van der Waals surface area contributed by atoms with Gasteiger partial charge < -0.3 is 4.98 Å². The molecule has 0 amide bonds. The van der Waals surface area contributed by atoms with E-state index in [0.717, 1.165) is 16.3 Å². The van der Waals surface area contributed by atoms with Crippen LogP contribution in [-0.2, 0) is 0 Å². The highest BCUT2D eigenvalue weighted by Crippen LogP contribution is 2.11. The van der Waals surface area contributed by atoms with Gasteiger partial charge in [0, 0.05) is 11.6 Å². The van der Waals surface area contributed by atoms with E-state index in [0.29, 0.717) is 0 Å². The first kappa shape index (κ1) is 10.5. The van der Waals surface area contributed by atoms with Crippen molar-refractivity contribution < 1.29 is 0 Å². The molecule has 0 fully saturated rings. The zero-order valence-corrected chi connectivity index (χ0v) is 8.79. The van der Waals surface area contributed by atoms with Crippen molar-refractivity contribution in [1.29, 1.82) is 0 Å². The normalized spacial score (nSPS) is 9.36. The van der Waals surface area contributed by atoms with Crippen LogP contribution in [0.15, 0.2) is 35.3 Å². The Balaban J connectivity index is 0.000000461. The van der Waals surface area contributed by atoms with Gasteiger partial charge in [0.25, 0.3) is 5.56 Å². The summed E-state index contributed by atoms with van der Waals surface area (Å²) >= 11 is 0. The van der Waals surface area contributed by atoms with Gasteiger partial charge in [0.2, 0.25) is 0 Å². The number of pyridine rings is 1. The van der Waals surface area contributed by atoms with Crippen LogP contribution in [0.4, 0.5) is 0 Å². The van der Waals surface area contributed by atoms with Gasteiger partial charge in [-0.2, -0.15) is 0 Å². The second kappa shape index (κ2) is 4.61. The summed E-state index contributed by atoms with van der Waals surface area (Å²) in [6.07, 6.45) is 1.74. The molecule has 0 aliphatic heterocycles. The van der Waals surface area contributed by atoms with Gasteiger partial charge in [0.1, 0.15) is 0 Å². The summed E-state index contributed by atoms with van der Waals surface area (Å²) in [6.45, 7) is 5.98. The van der Waals surface area contributed by atoms with E-state index in [2.05, 4.69) is 4.98 Å². The third-order valence-corrected chi connectivity index (χ3v) is 2.02. The van der Waals surface area contributed by atoms with E-state index in [-0.39, 0.29) is 5.56 Å². The molecule has 0 atom stereocenters. The molecule has 0 saturated heterocycles. The highest BCUT2D eigenvalue weighted by atomic mass is 16.1. The Kier molecular flexibility index (Phi) is 3.46. The van der Waals surface area contributed by atoms with Gasteiger partial charge in [-0.1, -0.05) is 32.0 Å². The van der Waals surface area contributed by atoms with E-state index in [1.807, 2.05) is 45.0 Å². The van der Waals surface area contributed by atoms with E-state index < -0.39 is 0 Å². The number of aryl methyl sites for hydroxylation is 1. The van der Waals surface area contributed by atoms with Crippen LogP contribution in [0.3, 0.4) is 0 Å². The fourth-order valence-corrected chi connectivity index (χ4v) is 1.35. The fraction of sp³-hybridized carbons (Fsp3) is 0.250. The molecule has 0 unspecified atom stereocenters. The van der Waals surface area contributed by atoms with E-state index in [9.17, 15) is 4.79 Å². The molecule has 1 aromatic carbocycles. The van der Waals surface area contributed by atoms with E-state index in [1.54, 1.807) is 6.20 Å². The van der Waals surface area contributed by atoms with Crippen molar-refractivity contribution in [3.8, 4) is 0 Å². The molecule has 14 heavy (non-hydrogen) atoms. The summed E-state index contributed by atoms with van der Waals surface area (Å²) in [6, 6.07) is 7.60. The molecule has 0 aliphatic carbocycles. The molecule has 0 radical (unpaired) electrons. The zero-order valence-electron chi connectivity index (χ0n) is 8.79. The summed E-state index contributed by atoms with van der Waals surface area (Å²) in [5.74, 6) is 0. The number of aromatic amines is 1. The van der Waals surface area contributed by atoms with Crippen LogP contribution in [0.1, 0.15) is 19.4 Å². The summed E-state index contributed by atoms with van der Waals surface area (Å²) in [4.78, 5) is 14.0. The van der Waals surface area contributed by atoms with Crippen LogP contribution in [0.2, 0.25) is 0 Å². The van der Waals surface area contributed by atoms with Gasteiger partial charge in [-0.3, -0.25) is 4.79 Å². The lowest BCUT2D eigenvalue weighted by Crippen LogP contribution is -2.05. The molecule has 74 valence electrons. The molecule has 2 nitrogen and oxygen atoms in total. The average molecular weight is 189 g/mol. The molecule has 0 spiro atoms. The van der Waals surface area contributed by atoms with Crippen LogP contribution in [-0.4, -0.2) is 4.98 Å². The second-order valence-corrected chi connectivity index (χ2v) is 2.85. The number of hydrogen-bond donors (Lipinski definition) is 1. The minimum atomic E-state index is -0.0174. The molecular weight excluding hydrogens is 174 g/mol. The third kappa shape index (κ3) is 1.84. The average Bonchev–Trinajstić information content (AvgIpc) is 2.27. The lowest BCUT2D eigenvalue weighted by Gasteiger charge is -1.98. The molecule has 0 aliphatic rings. The number of fused-ring (bicyclic) bond motifs is 1. The van der Waals surface area contributed by atoms with Crippen LogP contribution < -0.4 is 5.56 Å². The Bertz CT molecular complexity index is 471. The predicted octanol–water partition coefficient (Wildman–Crippen LogP) is 2.86. The van der Waals surface area contributed by atoms with Crippen molar-refractivity contribution in [2.45, 2.75) is 20.8 Å². The van der Waals surface area contributed by atoms with Crippen molar-refractivity contribution in [2.75, 3.05) is 0 Å². The number of nitrogens with one attached hydrogen (secondary N) is 1. The molecule has 1 aromatic heterocycles. The number of rotatable bonds is 0. The Labute approximate surface area is 83.6 Å². The van der Waals surface area contributed by atoms with E-state index in [4.69, 9.17) is 0 Å². The van der Waals surface area contributed by atoms with Crippen LogP contribution >= 0.6 is 0 Å². The summed E-state index contributed by atoms with van der Waals surface area (Å²) < 4.78 is 0.